The van der Waals surface area contributed by atoms with Crippen LogP contribution in [0.1, 0.15) is 24.0 Å². The number of rotatable bonds is 10. The molecular weight excluding hydrogens is 352 g/mol. The molecule has 0 aromatic heterocycles. The molecule has 2 aromatic carbocycles. The molecule has 0 bridgehead atoms. The van der Waals surface area contributed by atoms with Gasteiger partial charge in [0.25, 0.3) is 0 Å². The van der Waals surface area contributed by atoms with Crippen LogP contribution in [-0.4, -0.2) is 51.5 Å². The number of nitrogens with zero attached hydrogens (tertiary/aromatic N) is 1. The molecule has 1 heterocycles. The molecule has 5 nitrogen and oxygen atoms in total. The van der Waals surface area contributed by atoms with Crippen molar-refractivity contribution in [3.05, 3.63) is 59.7 Å². The van der Waals surface area contributed by atoms with E-state index in [4.69, 9.17) is 14.2 Å². The largest absolute Gasteiger partial charge is 0.497 e. The highest BCUT2D eigenvalue weighted by Crippen LogP contribution is 2.16. The van der Waals surface area contributed by atoms with Crippen molar-refractivity contribution in [1.82, 2.24) is 10.2 Å². The Balaban J connectivity index is 1.39. The van der Waals surface area contributed by atoms with Gasteiger partial charge in [-0.05, 0) is 55.3 Å². The van der Waals surface area contributed by atoms with Gasteiger partial charge in [-0.25, -0.2) is 0 Å². The third-order valence-corrected chi connectivity index (χ3v) is 5.24. The van der Waals surface area contributed by atoms with E-state index in [0.717, 1.165) is 57.2 Å². The van der Waals surface area contributed by atoms with Crippen LogP contribution in [0.4, 0.5) is 0 Å². The molecule has 1 aliphatic heterocycles. The maximum atomic E-state index is 5.98. The number of nitrogens with one attached hydrogen (secondary N) is 1. The Labute approximate surface area is 168 Å². The molecule has 2 aromatic rings. The van der Waals surface area contributed by atoms with Crippen LogP contribution in [0.25, 0.3) is 0 Å². The summed E-state index contributed by atoms with van der Waals surface area (Å²) >= 11 is 0. The number of hydrogen-bond donors (Lipinski definition) is 1. The molecule has 0 amide bonds. The summed E-state index contributed by atoms with van der Waals surface area (Å²) in [6.45, 7) is 5.03. The first-order valence-electron chi connectivity index (χ1n) is 10.1. The zero-order valence-corrected chi connectivity index (χ0v) is 17.0. The van der Waals surface area contributed by atoms with Gasteiger partial charge in [-0.15, -0.1) is 0 Å². The van der Waals surface area contributed by atoms with Gasteiger partial charge in [-0.3, -0.25) is 4.90 Å². The predicted molar refractivity (Wildman–Crippen MR) is 112 cm³/mol. The molecule has 0 saturated carbocycles. The minimum Gasteiger partial charge on any atom is -0.497 e. The second kappa shape index (κ2) is 11.1. The number of ether oxygens (including phenoxy) is 3. The third kappa shape index (κ3) is 6.51. The summed E-state index contributed by atoms with van der Waals surface area (Å²) in [5.74, 6) is 1.82. The molecular formula is C23H32N2O3. The van der Waals surface area contributed by atoms with Crippen LogP contribution < -0.4 is 14.8 Å². The lowest BCUT2D eigenvalue weighted by molar-refractivity contribution is 0.0392. The second-order valence-electron chi connectivity index (χ2n) is 7.27. The number of likely N-dealkylation sites (N-methyl/N-ethyl adjacent to an activating group) is 1. The molecule has 0 spiro atoms. The highest BCUT2D eigenvalue weighted by molar-refractivity contribution is 5.29. The standard InChI is InChI=1S/C23H32N2O3/c1-25(21-10-13-27-14-11-21)12-15-28-23-5-3-4-20(16-23)18-24-17-19-6-8-22(26-2)9-7-19/h3-9,16,21,24H,10-15,17-18H2,1-2H3. The summed E-state index contributed by atoms with van der Waals surface area (Å²) in [6, 6.07) is 17.1. The lowest BCUT2D eigenvalue weighted by atomic mass is 10.1. The van der Waals surface area contributed by atoms with Gasteiger partial charge in [0, 0.05) is 38.9 Å². The lowest BCUT2D eigenvalue weighted by Gasteiger charge is -2.31. The summed E-state index contributed by atoms with van der Waals surface area (Å²) in [6.07, 6.45) is 2.23. The van der Waals surface area contributed by atoms with Gasteiger partial charge in [0.15, 0.2) is 0 Å². The van der Waals surface area contributed by atoms with Crippen LogP contribution in [0, 0.1) is 0 Å². The minimum absolute atomic E-state index is 0.617. The summed E-state index contributed by atoms with van der Waals surface area (Å²) in [7, 11) is 3.87. The maximum Gasteiger partial charge on any atom is 0.119 e. The Bertz CT molecular complexity index is 699. The van der Waals surface area contributed by atoms with Gasteiger partial charge >= 0.3 is 0 Å². The Morgan fingerprint density at radius 2 is 1.75 bits per heavy atom. The quantitative estimate of drug-likeness (QED) is 0.679. The zero-order chi connectivity index (χ0) is 19.6. The predicted octanol–water partition coefficient (Wildman–Crippen LogP) is 3.47. The Morgan fingerprint density at radius 3 is 2.50 bits per heavy atom. The van der Waals surface area contributed by atoms with E-state index in [1.807, 2.05) is 18.2 Å². The Morgan fingerprint density at radius 1 is 1.00 bits per heavy atom. The van der Waals surface area contributed by atoms with Crippen molar-refractivity contribution >= 4 is 0 Å². The summed E-state index contributed by atoms with van der Waals surface area (Å²) < 4.78 is 16.6. The van der Waals surface area contributed by atoms with Gasteiger partial charge in [0.2, 0.25) is 0 Å². The number of methoxy groups -OCH3 is 1. The van der Waals surface area contributed by atoms with Gasteiger partial charge < -0.3 is 19.5 Å². The molecule has 0 atom stereocenters. The van der Waals surface area contributed by atoms with E-state index in [9.17, 15) is 0 Å². The monoisotopic (exact) mass is 384 g/mol. The van der Waals surface area contributed by atoms with Crippen LogP contribution in [0.2, 0.25) is 0 Å². The average molecular weight is 385 g/mol. The molecule has 3 rings (SSSR count). The first-order valence-corrected chi connectivity index (χ1v) is 10.1. The van der Waals surface area contributed by atoms with E-state index >= 15 is 0 Å². The summed E-state index contributed by atoms with van der Waals surface area (Å²) in [5, 5.41) is 3.48. The van der Waals surface area contributed by atoms with Crippen molar-refractivity contribution in [1.29, 1.82) is 0 Å². The summed E-state index contributed by atoms with van der Waals surface area (Å²) in [4.78, 5) is 2.39. The average Bonchev–Trinajstić information content (AvgIpc) is 2.75. The van der Waals surface area contributed by atoms with Crippen LogP contribution >= 0.6 is 0 Å². The SMILES string of the molecule is COc1ccc(CNCc2cccc(OCCN(C)C3CCOCC3)c2)cc1. The van der Waals surface area contributed by atoms with Crippen LogP contribution in [-0.2, 0) is 17.8 Å². The van der Waals surface area contributed by atoms with Crippen molar-refractivity contribution in [3.63, 3.8) is 0 Å². The molecule has 28 heavy (non-hydrogen) atoms. The highest BCUT2D eigenvalue weighted by Gasteiger charge is 2.17. The van der Waals surface area contributed by atoms with Crippen molar-refractivity contribution < 1.29 is 14.2 Å². The lowest BCUT2D eigenvalue weighted by Crippen LogP contribution is -2.38. The van der Waals surface area contributed by atoms with Crippen LogP contribution in [0.15, 0.2) is 48.5 Å². The van der Waals surface area contributed by atoms with Crippen molar-refractivity contribution in [3.8, 4) is 11.5 Å². The van der Waals surface area contributed by atoms with Gasteiger partial charge in [0.05, 0.1) is 7.11 Å². The van der Waals surface area contributed by atoms with E-state index in [1.54, 1.807) is 7.11 Å². The van der Waals surface area contributed by atoms with E-state index in [2.05, 4.69) is 47.6 Å². The van der Waals surface area contributed by atoms with Crippen LogP contribution in [0.5, 0.6) is 11.5 Å². The van der Waals surface area contributed by atoms with Gasteiger partial charge in [-0.1, -0.05) is 24.3 Å². The molecule has 0 aliphatic carbocycles. The molecule has 0 radical (unpaired) electrons. The first kappa shape index (κ1) is 20.6. The molecule has 1 fully saturated rings. The molecule has 5 heteroatoms. The topological polar surface area (TPSA) is 43.0 Å². The van der Waals surface area contributed by atoms with E-state index in [0.29, 0.717) is 12.6 Å². The van der Waals surface area contributed by atoms with Crippen molar-refractivity contribution in [2.75, 3.05) is 40.5 Å². The van der Waals surface area contributed by atoms with Crippen LogP contribution in [0.3, 0.4) is 0 Å². The summed E-state index contributed by atoms with van der Waals surface area (Å²) in [5.41, 5.74) is 2.47. The van der Waals surface area contributed by atoms with E-state index < -0.39 is 0 Å². The third-order valence-electron chi connectivity index (χ3n) is 5.24. The Hall–Kier alpha value is -2.08. The second-order valence-corrected chi connectivity index (χ2v) is 7.27. The maximum absolute atomic E-state index is 5.98. The molecule has 0 unspecified atom stereocenters. The number of benzene rings is 2. The normalized spacial score (nSPS) is 15.0. The molecule has 1 N–H and O–H groups in total. The fraction of sp³-hybridized carbons (Fsp3) is 0.478. The van der Waals surface area contributed by atoms with Gasteiger partial charge in [-0.2, -0.15) is 0 Å². The Kier molecular flexibility index (Phi) is 8.15. The minimum atomic E-state index is 0.617. The highest BCUT2D eigenvalue weighted by atomic mass is 16.5. The van der Waals surface area contributed by atoms with Crippen molar-refractivity contribution in [2.45, 2.75) is 32.0 Å². The molecule has 1 aliphatic rings. The smallest absolute Gasteiger partial charge is 0.119 e. The van der Waals surface area contributed by atoms with E-state index in [1.165, 1.54) is 11.1 Å². The fourth-order valence-electron chi connectivity index (χ4n) is 3.46. The van der Waals surface area contributed by atoms with Gasteiger partial charge in [0.1, 0.15) is 18.1 Å². The van der Waals surface area contributed by atoms with E-state index in [-0.39, 0.29) is 0 Å². The zero-order valence-electron chi connectivity index (χ0n) is 17.0. The first-order chi connectivity index (χ1) is 13.7. The fourth-order valence-corrected chi connectivity index (χ4v) is 3.46. The van der Waals surface area contributed by atoms with Crippen molar-refractivity contribution in [2.24, 2.45) is 0 Å². The molecule has 1 saturated heterocycles. The number of hydrogen-bond acceptors (Lipinski definition) is 5. The molecule has 152 valence electrons.